The minimum Gasteiger partial charge on any atom is -0.379 e. The quantitative estimate of drug-likeness (QED) is 0.834. The van der Waals surface area contributed by atoms with Crippen molar-refractivity contribution in [3.63, 3.8) is 0 Å². The molecule has 0 radical (unpaired) electrons. The van der Waals surface area contributed by atoms with E-state index < -0.39 is 0 Å². The van der Waals surface area contributed by atoms with Crippen molar-refractivity contribution in [2.45, 2.75) is 6.54 Å². The molecular weight excluding hydrogens is 324 g/mol. The van der Waals surface area contributed by atoms with Crippen LogP contribution in [0.25, 0.3) is 0 Å². The first-order valence-electron chi connectivity index (χ1n) is 5.19. The van der Waals surface area contributed by atoms with Crippen LogP contribution in [0.2, 0.25) is 5.02 Å². The second kappa shape index (κ2) is 5.67. The van der Waals surface area contributed by atoms with Crippen LogP contribution in [-0.4, -0.2) is 0 Å². The van der Waals surface area contributed by atoms with Crippen molar-refractivity contribution in [1.29, 1.82) is 0 Å². The molecule has 0 bridgehead atoms. The van der Waals surface area contributed by atoms with Gasteiger partial charge in [-0.1, -0.05) is 27.5 Å². The molecule has 18 heavy (non-hydrogen) atoms. The zero-order chi connectivity index (χ0) is 13.1. The second-order valence-corrected chi connectivity index (χ2v) is 5.04. The summed E-state index contributed by atoms with van der Waals surface area (Å²) >= 11 is 9.18. The Labute approximate surface area is 117 Å². The van der Waals surface area contributed by atoms with E-state index in [0.29, 0.717) is 16.3 Å². The van der Waals surface area contributed by atoms with Gasteiger partial charge in [0.2, 0.25) is 0 Å². The van der Waals surface area contributed by atoms with Crippen LogP contribution in [-0.2, 0) is 6.54 Å². The maximum Gasteiger partial charge on any atom is 0.146 e. The van der Waals surface area contributed by atoms with E-state index in [2.05, 4.69) is 21.2 Å². The van der Waals surface area contributed by atoms with Gasteiger partial charge in [-0.25, -0.2) is 8.78 Å². The van der Waals surface area contributed by atoms with Crippen LogP contribution >= 0.6 is 27.5 Å². The molecule has 0 atom stereocenters. The molecule has 0 saturated carbocycles. The number of benzene rings is 2. The van der Waals surface area contributed by atoms with Gasteiger partial charge in [-0.2, -0.15) is 0 Å². The van der Waals surface area contributed by atoms with Gasteiger partial charge in [0.1, 0.15) is 11.6 Å². The smallest absolute Gasteiger partial charge is 0.146 e. The molecule has 5 heteroatoms. The molecule has 1 nitrogen and oxygen atoms in total. The van der Waals surface area contributed by atoms with Crippen molar-refractivity contribution in [2.24, 2.45) is 0 Å². The highest BCUT2D eigenvalue weighted by Gasteiger charge is 2.05. The molecule has 0 fully saturated rings. The van der Waals surface area contributed by atoms with Crippen LogP contribution in [0, 0.1) is 11.6 Å². The number of hydrogen-bond acceptors (Lipinski definition) is 1. The Morgan fingerprint density at radius 3 is 2.67 bits per heavy atom. The van der Waals surface area contributed by atoms with Gasteiger partial charge in [-0.05, 0) is 42.0 Å². The molecule has 2 aromatic carbocycles. The minimum absolute atomic E-state index is 0.254. The Morgan fingerprint density at radius 2 is 1.89 bits per heavy atom. The average Bonchev–Trinajstić information content (AvgIpc) is 2.34. The van der Waals surface area contributed by atoms with E-state index in [1.807, 2.05) is 0 Å². The van der Waals surface area contributed by atoms with E-state index in [-0.39, 0.29) is 18.2 Å². The number of nitrogens with one attached hydrogen (secondary N) is 1. The molecule has 0 aromatic heterocycles. The summed E-state index contributed by atoms with van der Waals surface area (Å²) in [5, 5.41) is 3.33. The summed E-state index contributed by atoms with van der Waals surface area (Å²) in [6.45, 7) is 0.254. The van der Waals surface area contributed by atoms with E-state index in [9.17, 15) is 8.78 Å². The van der Waals surface area contributed by atoms with Crippen molar-refractivity contribution in [2.75, 3.05) is 5.32 Å². The molecule has 0 aliphatic heterocycles. The van der Waals surface area contributed by atoms with Crippen molar-refractivity contribution in [1.82, 2.24) is 0 Å². The number of rotatable bonds is 3. The second-order valence-electron chi connectivity index (χ2n) is 3.71. The van der Waals surface area contributed by atoms with Crippen LogP contribution < -0.4 is 5.32 Å². The summed E-state index contributed by atoms with van der Waals surface area (Å²) < 4.78 is 27.3. The zero-order valence-corrected chi connectivity index (χ0v) is 11.5. The Hall–Kier alpha value is -1.13. The summed E-state index contributed by atoms with van der Waals surface area (Å²) in [6, 6.07) is 8.65. The molecule has 2 rings (SSSR count). The van der Waals surface area contributed by atoms with E-state index >= 15 is 0 Å². The van der Waals surface area contributed by atoms with Crippen LogP contribution in [0.15, 0.2) is 40.9 Å². The van der Waals surface area contributed by atoms with Gasteiger partial charge in [0.15, 0.2) is 0 Å². The number of anilines is 1. The molecule has 0 aliphatic rings. The number of hydrogen-bond donors (Lipinski definition) is 1. The third kappa shape index (κ3) is 3.21. The third-order valence-corrected chi connectivity index (χ3v) is 3.27. The molecule has 2 aromatic rings. The summed E-state index contributed by atoms with van der Waals surface area (Å²) in [5.41, 5.74) is 0.917. The fourth-order valence-electron chi connectivity index (χ4n) is 1.50. The molecule has 1 N–H and O–H groups in total. The maximum atomic E-state index is 13.5. The van der Waals surface area contributed by atoms with Crippen molar-refractivity contribution < 1.29 is 8.78 Å². The van der Waals surface area contributed by atoms with Crippen molar-refractivity contribution in [3.8, 4) is 0 Å². The van der Waals surface area contributed by atoms with Crippen LogP contribution in [0.1, 0.15) is 5.56 Å². The van der Waals surface area contributed by atoms with Gasteiger partial charge >= 0.3 is 0 Å². The largest absolute Gasteiger partial charge is 0.379 e. The first-order valence-corrected chi connectivity index (χ1v) is 6.36. The Kier molecular flexibility index (Phi) is 4.19. The van der Waals surface area contributed by atoms with Gasteiger partial charge in [0, 0.05) is 16.0 Å². The zero-order valence-electron chi connectivity index (χ0n) is 9.18. The normalized spacial score (nSPS) is 10.4. The lowest BCUT2D eigenvalue weighted by Crippen LogP contribution is -2.02. The first kappa shape index (κ1) is 13.3. The third-order valence-electron chi connectivity index (χ3n) is 2.41. The van der Waals surface area contributed by atoms with Crippen molar-refractivity contribution >= 4 is 33.2 Å². The van der Waals surface area contributed by atoms with Gasteiger partial charge in [-0.3, -0.25) is 0 Å². The Morgan fingerprint density at radius 1 is 1.11 bits per heavy atom. The Balaban J connectivity index is 2.16. The lowest BCUT2D eigenvalue weighted by atomic mass is 10.2. The fourth-order valence-corrected chi connectivity index (χ4v) is 2.05. The van der Waals surface area contributed by atoms with E-state index in [1.54, 1.807) is 12.1 Å². The van der Waals surface area contributed by atoms with Gasteiger partial charge in [-0.15, -0.1) is 0 Å². The van der Waals surface area contributed by atoms with E-state index in [4.69, 9.17) is 11.6 Å². The highest BCUT2D eigenvalue weighted by molar-refractivity contribution is 9.10. The summed E-state index contributed by atoms with van der Waals surface area (Å²) in [5.74, 6) is -0.739. The maximum absolute atomic E-state index is 13.5. The highest BCUT2D eigenvalue weighted by Crippen LogP contribution is 2.22. The first-order chi connectivity index (χ1) is 8.56. The van der Waals surface area contributed by atoms with E-state index in [1.165, 1.54) is 24.3 Å². The lowest BCUT2D eigenvalue weighted by molar-refractivity contribution is 0.625. The highest BCUT2D eigenvalue weighted by atomic mass is 79.9. The molecule has 0 amide bonds. The molecule has 0 unspecified atom stereocenters. The summed E-state index contributed by atoms with van der Waals surface area (Å²) in [7, 11) is 0. The predicted molar refractivity (Wildman–Crippen MR) is 72.8 cm³/mol. The summed E-state index contributed by atoms with van der Waals surface area (Å²) in [6.07, 6.45) is 0. The predicted octanol–water partition coefficient (Wildman–Crippen LogP) is 4.99. The van der Waals surface area contributed by atoms with Gasteiger partial charge < -0.3 is 5.32 Å². The summed E-state index contributed by atoms with van der Waals surface area (Å²) in [4.78, 5) is 0. The lowest BCUT2D eigenvalue weighted by Gasteiger charge is -2.09. The molecule has 0 heterocycles. The fraction of sp³-hybridized carbons (Fsp3) is 0.0769. The Bertz CT molecular complexity index is 523. The van der Waals surface area contributed by atoms with E-state index in [0.717, 1.165) is 4.47 Å². The van der Waals surface area contributed by atoms with Crippen molar-refractivity contribution in [3.05, 3.63) is 63.1 Å². The van der Waals surface area contributed by atoms with Gasteiger partial charge in [0.05, 0.1) is 5.69 Å². The monoisotopic (exact) mass is 331 g/mol. The molecular formula is C13H9BrClF2N. The molecule has 94 valence electrons. The number of halogens is 4. The minimum atomic E-state index is -0.370. The SMILES string of the molecule is Fc1ccc(Cl)c(CNc2cc(Br)ccc2F)c1. The van der Waals surface area contributed by atoms with Gasteiger partial charge in [0.25, 0.3) is 0 Å². The van der Waals surface area contributed by atoms with Crippen LogP contribution in [0.4, 0.5) is 14.5 Å². The van der Waals surface area contributed by atoms with Crippen LogP contribution in [0.3, 0.4) is 0 Å². The van der Waals surface area contributed by atoms with Crippen LogP contribution in [0.5, 0.6) is 0 Å². The topological polar surface area (TPSA) is 12.0 Å². The average molecular weight is 333 g/mol. The molecule has 0 spiro atoms. The standard InChI is InChI=1S/C13H9BrClF2N/c14-9-1-4-12(17)13(6-9)18-7-8-5-10(16)2-3-11(8)15/h1-6,18H,7H2. The molecule has 0 aliphatic carbocycles. The molecule has 0 saturated heterocycles.